The van der Waals surface area contributed by atoms with E-state index in [-0.39, 0.29) is 18.1 Å². The summed E-state index contributed by atoms with van der Waals surface area (Å²) in [6.45, 7) is 6.06. The lowest BCUT2D eigenvalue weighted by Crippen LogP contribution is -2.46. The van der Waals surface area contributed by atoms with E-state index in [0.29, 0.717) is 30.2 Å². The predicted molar refractivity (Wildman–Crippen MR) is 115 cm³/mol. The van der Waals surface area contributed by atoms with Crippen LogP contribution in [0.2, 0.25) is 5.02 Å². The first-order chi connectivity index (χ1) is 13.8. The minimum Gasteiger partial charge on any atom is -0.481 e. The van der Waals surface area contributed by atoms with Gasteiger partial charge in [-0.25, -0.2) is 4.79 Å². The Morgan fingerprint density at radius 3 is 2.66 bits per heavy atom. The minimum absolute atomic E-state index is 0.0278. The molecule has 1 aromatic carbocycles. The van der Waals surface area contributed by atoms with Crippen LogP contribution in [-0.4, -0.2) is 28.1 Å². The lowest BCUT2D eigenvalue weighted by atomic mass is 10.2. The summed E-state index contributed by atoms with van der Waals surface area (Å²) in [7, 11) is 0. The number of nitrogen functional groups attached to an aromatic ring is 1. The molecule has 0 aliphatic heterocycles. The van der Waals surface area contributed by atoms with E-state index in [2.05, 4.69) is 4.98 Å². The van der Waals surface area contributed by atoms with Crippen LogP contribution < -0.4 is 26.6 Å². The highest BCUT2D eigenvalue weighted by molar-refractivity contribution is 6.30. The third-order valence-electron chi connectivity index (χ3n) is 4.39. The Bertz CT molecular complexity index is 970. The zero-order chi connectivity index (χ0) is 21.6. The van der Waals surface area contributed by atoms with E-state index in [4.69, 9.17) is 22.1 Å². The summed E-state index contributed by atoms with van der Waals surface area (Å²) in [5, 5.41) is 0.484. The highest BCUT2D eigenvalue weighted by atomic mass is 35.5. The van der Waals surface area contributed by atoms with Crippen LogP contribution in [0.4, 0.5) is 11.5 Å². The van der Waals surface area contributed by atoms with E-state index in [1.54, 1.807) is 31.2 Å². The quantitative estimate of drug-likeness (QED) is 0.645. The number of hydrogen-bond donors (Lipinski definition) is 2. The van der Waals surface area contributed by atoms with Crippen LogP contribution in [0.1, 0.15) is 40.0 Å². The average Bonchev–Trinajstić information content (AvgIpc) is 2.67. The molecule has 0 spiro atoms. The van der Waals surface area contributed by atoms with Crippen molar-refractivity contribution >= 4 is 29.0 Å². The van der Waals surface area contributed by atoms with E-state index in [1.165, 1.54) is 9.47 Å². The standard InChI is InChI=1S/C20H27ClN4O4/c1-4-6-11-24(16-17(22)25(10-5-2)20(28)23-18(16)26)19(27)13(3)29-15-9-7-8-14(21)12-15/h7-9,12-13H,4-6,10-11,22H2,1-3H3,(H,23,26,28)/t13-/m0/s1. The molecule has 1 heterocycles. The molecule has 3 N–H and O–H groups in total. The number of nitrogens with two attached hydrogens (primary N) is 1. The Balaban J connectivity index is 2.43. The van der Waals surface area contributed by atoms with Gasteiger partial charge in [0.25, 0.3) is 11.5 Å². The average molecular weight is 423 g/mol. The molecule has 0 aliphatic rings. The first kappa shape index (κ1) is 22.5. The van der Waals surface area contributed by atoms with E-state index in [9.17, 15) is 14.4 Å². The maximum atomic E-state index is 13.2. The lowest BCUT2D eigenvalue weighted by molar-refractivity contribution is -0.124. The zero-order valence-corrected chi connectivity index (χ0v) is 17.7. The number of rotatable bonds is 9. The number of H-pyrrole nitrogens is 1. The Labute approximate surface area is 174 Å². The van der Waals surface area contributed by atoms with Gasteiger partial charge in [-0.3, -0.25) is 19.1 Å². The molecule has 2 aromatic rings. The number of nitrogens with zero attached hydrogens (tertiary/aromatic N) is 2. The second kappa shape index (κ2) is 10.2. The van der Waals surface area contributed by atoms with Crippen molar-refractivity contribution in [3.63, 3.8) is 0 Å². The first-order valence-corrected chi connectivity index (χ1v) is 10.0. The number of aromatic amines is 1. The predicted octanol–water partition coefficient (Wildman–Crippen LogP) is 2.78. The van der Waals surface area contributed by atoms with Crippen molar-refractivity contribution in [2.45, 2.75) is 52.7 Å². The molecule has 0 fully saturated rings. The number of carbonyl (C=O) groups excluding carboxylic acids is 1. The third-order valence-corrected chi connectivity index (χ3v) is 4.62. The van der Waals surface area contributed by atoms with Crippen LogP contribution in [0.25, 0.3) is 0 Å². The maximum Gasteiger partial charge on any atom is 0.330 e. The molecule has 158 valence electrons. The Morgan fingerprint density at radius 2 is 2.03 bits per heavy atom. The van der Waals surface area contributed by atoms with Gasteiger partial charge in [0.1, 0.15) is 11.6 Å². The maximum absolute atomic E-state index is 13.2. The molecule has 1 atom stereocenters. The van der Waals surface area contributed by atoms with Crippen LogP contribution in [0.3, 0.4) is 0 Å². The largest absolute Gasteiger partial charge is 0.481 e. The summed E-state index contributed by atoms with van der Waals surface area (Å²) in [5.74, 6) is -0.0241. The normalized spacial score (nSPS) is 11.9. The number of nitrogens with one attached hydrogen (secondary N) is 1. The van der Waals surface area contributed by atoms with Gasteiger partial charge in [0.15, 0.2) is 11.8 Å². The molecule has 29 heavy (non-hydrogen) atoms. The second-order valence-electron chi connectivity index (χ2n) is 6.71. The summed E-state index contributed by atoms with van der Waals surface area (Å²) in [6.07, 6.45) is 1.21. The van der Waals surface area contributed by atoms with Gasteiger partial charge in [0, 0.05) is 18.1 Å². The molecule has 0 bridgehead atoms. The van der Waals surface area contributed by atoms with Gasteiger partial charge in [-0.1, -0.05) is 37.9 Å². The van der Waals surface area contributed by atoms with Crippen molar-refractivity contribution in [1.82, 2.24) is 9.55 Å². The fourth-order valence-electron chi connectivity index (χ4n) is 2.95. The fourth-order valence-corrected chi connectivity index (χ4v) is 3.13. The topological polar surface area (TPSA) is 110 Å². The fraction of sp³-hybridized carbons (Fsp3) is 0.450. The van der Waals surface area contributed by atoms with Crippen molar-refractivity contribution < 1.29 is 9.53 Å². The van der Waals surface area contributed by atoms with Crippen molar-refractivity contribution in [1.29, 1.82) is 0 Å². The molecule has 2 rings (SSSR count). The number of hydrogen-bond acceptors (Lipinski definition) is 5. The number of anilines is 2. The number of halogens is 1. The molecule has 0 saturated heterocycles. The third kappa shape index (κ3) is 5.41. The smallest absolute Gasteiger partial charge is 0.330 e. The van der Waals surface area contributed by atoms with E-state index < -0.39 is 23.3 Å². The molecule has 1 amide bonds. The van der Waals surface area contributed by atoms with E-state index in [0.717, 1.165) is 6.42 Å². The van der Waals surface area contributed by atoms with Crippen molar-refractivity contribution in [3.8, 4) is 5.75 Å². The number of ether oxygens (including phenoxy) is 1. The summed E-state index contributed by atoms with van der Waals surface area (Å²) in [6, 6.07) is 6.71. The second-order valence-corrected chi connectivity index (χ2v) is 7.14. The van der Waals surface area contributed by atoms with Gasteiger partial charge < -0.3 is 15.4 Å². The summed E-state index contributed by atoms with van der Waals surface area (Å²) in [5.41, 5.74) is 4.83. The highest BCUT2D eigenvalue weighted by Gasteiger charge is 2.28. The molecule has 8 nitrogen and oxygen atoms in total. The van der Waals surface area contributed by atoms with Crippen molar-refractivity contribution in [3.05, 3.63) is 50.1 Å². The summed E-state index contributed by atoms with van der Waals surface area (Å²) < 4.78 is 6.99. The lowest BCUT2D eigenvalue weighted by Gasteiger charge is -2.27. The van der Waals surface area contributed by atoms with Gasteiger partial charge in [-0.15, -0.1) is 0 Å². The van der Waals surface area contributed by atoms with E-state index in [1.807, 2.05) is 13.8 Å². The van der Waals surface area contributed by atoms with Crippen molar-refractivity contribution in [2.75, 3.05) is 17.2 Å². The number of carbonyl (C=O) groups is 1. The number of benzene rings is 1. The van der Waals surface area contributed by atoms with Crippen LogP contribution in [0.5, 0.6) is 5.75 Å². The highest BCUT2D eigenvalue weighted by Crippen LogP contribution is 2.22. The Morgan fingerprint density at radius 1 is 1.31 bits per heavy atom. The molecular weight excluding hydrogens is 396 g/mol. The van der Waals surface area contributed by atoms with Gasteiger partial charge >= 0.3 is 5.69 Å². The van der Waals surface area contributed by atoms with Crippen LogP contribution in [-0.2, 0) is 11.3 Å². The Kier molecular flexibility index (Phi) is 7.90. The van der Waals surface area contributed by atoms with Gasteiger partial charge in [0.05, 0.1) is 0 Å². The van der Waals surface area contributed by atoms with Crippen molar-refractivity contribution in [2.24, 2.45) is 0 Å². The van der Waals surface area contributed by atoms with Crippen LogP contribution >= 0.6 is 11.6 Å². The monoisotopic (exact) mass is 422 g/mol. The van der Waals surface area contributed by atoms with Crippen LogP contribution in [0, 0.1) is 0 Å². The summed E-state index contributed by atoms with van der Waals surface area (Å²) in [4.78, 5) is 41.4. The zero-order valence-electron chi connectivity index (χ0n) is 16.9. The van der Waals surface area contributed by atoms with Gasteiger partial charge in [-0.05, 0) is 38.0 Å². The minimum atomic E-state index is -0.893. The number of unbranched alkanes of at least 4 members (excludes halogenated alkanes) is 1. The summed E-state index contributed by atoms with van der Waals surface area (Å²) >= 11 is 5.97. The van der Waals surface area contributed by atoms with Crippen LogP contribution in [0.15, 0.2) is 33.9 Å². The molecule has 0 aliphatic carbocycles. The molecular formula is C20H27ClN4O4. The number of aromatic nitrogens is 2. The first-order valence-electron chi connectivity index (χ1n) is 9.66. The molecule has 0 radical (unpaired) electrons. The molecule has 1 aromatic heterocycles. The Hall–Kier alpha value is -2.74. The van der Waals surface area contributed by atoms with E-state index >= 15 is 0 Å². The number of amides is 1. The SMILES string of the molecule is CCCCN(C(=O)[C@H](C)Oc1cccc(Cl)c1)c1c(N)n(CCC)c(=O)[nH]c1=O. The van der Waals surface area contributed by atoms with Gasteiger partial charge in [-0.2, -0.15) is 0 Å². The molecule has 9 heteroatoms. The molecule has 0 saturated carbocycles. The molecule has 0 unspecified atom stereocenters. The van der Waals surface area contributed by atoms with Gasteiger partial charge in [0.2, 0.25) is 0 Å².